The number of hydrogen-bond acceptors (Lipinski definition) is 7. The van der Waals surface area contributed by atoms with Gasteiger partial charge in [0.25, 0.3) is 0 Å². The van der Waals surface area contributed by atoms with Crippen LogP contribution in [0.2, 0.25) is 0 Å². The molecule has 2 N–H and O–H groups in total. The third kappa shape index (κ3) is 4.45. The fourth-order valence-corrected chi connectivity index (χ4v) is 3.40. The third-order valence-electron chi connectivity index (χ3n) is 4.76. The topological polar surface area (TPSA) is 71.5 Å². The molecule has 4 rings (SSSR count). The lowest BCUT2D eigenvalue weighted by Gasteiger charge is -2.38. The molecule has 28 heavy (non-hydrogen) atoms. The average molecular weight is 395 g/mol. The molecule has 3 heterocycles. The van der Waals surface area contributed by atoms with Crippen molar-refractivity contribution in [1.29, 1.82) is 0 Å². The lowest BCUT2D eigenvalue weighted by Crippen LogP contribution is -2.45. The molecule has 0 saturated carbocycles. The second-order valence-corrected chi connectivity index (χ2v) is 6.68. The van der Waals surface area contributed by atoms with Crippen molar-refractivity contribution in [2.24, 2.45) is 0 Å². The van der Waals surface area contributed by atoms with E-state index in [0.29, 0.717) is 24.7 Å². The zero-order valence-corrected chi connectivity index (χ0v) is 15.0. The predicted octanol–water partition coefficient (Wildman–Crippen LogP) is 3.50. The summed E-state index contributed by atoms with van der Waals surface area (Å²) in [5.41, 5.74) is 0.600. The fraction of sp³-hybridized carbons (Fsp3) is 0.444. The molecule has 2 aliphatic rings. The van der Waals surface area contributed by atoms with E-state index in [1.165, 1.54) is 23.8 Å². The first-order valence-corrected chi connectivity index (χ1v) is 8.98. The first-order valence-electron chi connectivity index (χ1n) is 8.98. The van der Waals surface area contributed by atoms with Gasteiger partial charge in [-0.2, -0.15) is 13.2 Å². The highest BCUT2D eigenvalue weighted by atomic mass is 19.4. The van der Waals surface area contributed by atoms with Gasteiger partial charge in [-0.15, -0.1) is 0 Å². The summed E-state index contributed by atoms with van der Waals surface area (Å²) in [7, 11) is 0. The van der Waals surface area contributed by atoms with Crippen LogP contribution in [0, 0.1) is 0 Å². The van der Waals surface area contributed by atoms with E-state index in [4.69, 9.17) is 9.47 Å². The molecule has 2 saturated heterocycles. The van der Waals surface area contributed by atoms with E-state index in [9.17, 15) is 13.2 Å². The van der Waals surface area contributed by atoms with Crippen molar-refractivity contribution in [1.82, 2.24) is 9.97 Å². The summed E-state index contributed by atoms with van der Waals surface area (Å²) in [5, 5.41) is 4.55. The largest absolute Gasteiger partial charge is 0.482 e. The van der Waals surface area contributed by atoms with Gasteiger partial charge in [0.2, 0.25) is 0 Å². The van der Waals surface area contributed by atoms with Crippen LogP contribution >= 0.6 is 0 Å². The summed E-state index contributed by atoms with van der Waals surface area (Å²) in [5.74, 6) is 0.896. The second-order valence-electron chi connectivity index (χ2n) is 6.68. The molecule has 2 fully saturated rings. The van der Waals surface area contributed by atoms with Crippen LogP contribution < -0.4 is 15.5 Å². The van der Waals surface area contributed by atoms with Gasteiger partial charge in [-0.3, -0.25) is 5.32 Å². The van der Waals surface area contributed by atoms with E-state index in [1.54, 1.807) is 12.1 Å². The zero-order chi connectivity index (χ0) is 19.6. The smallest absolute Gasteiger partial charge is 0.356 e. The average Bonchev–Trinajstić information content (AvgIpc) is 3.11. The van der Waals surface area contributed by atoms with E-state index in [0.717, 1.165) is 31.7 Å². The van der Waals surface area contributed by atoms with Crippen LogP contribution in [0.3, 0.4) is 0 Å². The molecule has 0 amide bonds. The molecular weight excluding hydrogens is 375 g/mol. The minimum Gasteiger partial charge on any atom is -0.356 e. The number of alkyl halides is 3. The van der Waals surface area contributed by atoms with Crippen molar-refractivity contribution in [2.45, 2.75) is 24.9 Å². The highest BCUT2D eigenvalue weighted by molar-refractivity contribution is 5.62. The standard InChI is InChI=1S/C18H20F3N5O2/c19-18(20,21)25-14-3-1-13(2-4-14)24-15-11-16(23-12-22-15)26-7-5-17(6-8-26)27-9-10-28-17/h1-4,11-12,25H,5-10H2,(H,22,23,24). The number of aromatic nitrogens is 2. The molecule has 0 aliphatic carbocycles. The van der Waals surface area contributed by atoms with Crippen LogP contribution in [0.15, 0.2) is 36.7 Å². The SMILES string of the molecule is FC(F)(F)Nc1ccc(Nc2cc(N3CCC4(CC3)OCCO4)ncn2)cc1. The normalized spacial score (nSPS) is 19.0. The number of benzene rings is 1. The quantitative estimate of drug-likeness (QED) is 0.768. The van der Waals surface area contributed by atoms with Crippen molar-refractivity contribution in [2.75, 3.05) is 41.8 Å². The Morgan fingerprint density at radius 3 is 2.25 bits per heavy atom. The van der Waals surface area contributed by atoms with Gasteiger partial charge in [-0.25, -0.2) is 9.97 Å². The molecule has 0 radical (unpaired) electrons. The molecule has 0 bridgehead atoms. The van der Waals surface area contributed by atoms with Crippen molar-refractivity contribution in [3.8, 4) is 0 Å². The monoisotopic (exact) mass is 395 g/mol. The van der Waals surface area contributed by atoms with Gasteiger partial charge < -0.3 is 19.7 Å². The minimum atomic E-state index is -4.46. The molecule has 7 nitrogen and oxygen atoms in total. The Morgan fingerprint density at radius 2 is 1.61 bits per heavy atom. The summed E-state index contributed by atoms with van der Waals surface area (Å²) >= 11 is 0. The number of piperidine rings is 1. The predicted molar refractivity (Wildman–Crippen MR) is 97.5 cm³/mol. The summed E-state index contributed by atoms with van der Waals surface area (Å²) in [4.78, 5) is 10.7. The Labute approximate surface area is 159 Å². The van der Waals surface area contributed by atoms with Crippen molar-refractivity contribution >= 4 is 23.0 Å². The van der Waals surface area contributed by atoms with Gasteiger partial charge in [-0.05, 0) is 24.3 Å². The van der Waals surface area contributed by atoms with Crippen molar-refractivity contribution in [3.63, 3.8) is 0 Å². The summed E-state index contributed by atoms with van der Waals surface area (Å²) < 4.78 is 48.5. The van der Waals surface area contributed by atoms with E-state index < -0.39 is 12.1 Å². The van der Waals surface area contributed by atoms with Crippen LogP contribution in [0.4, 0.5) is 36.2 Å². The highest BCUT2D eigenvalue weighted by Crippen LogP contribution is 2.33. The van der Waals surface area contributed by atoms with Crippen molar-refractivity contribution in [3.05, 3.63) is 36.7 Å². The van der Waals surface area contributed by atoms with E-state index >= 15 is 0 Å². The Balaban J connectivity index is 1.39. The minimum absolute atomic E-state index is 0.0278. The maximum Gasteiger partial charge on any atom is 0.482 e. The maximum atomic E-state index is 12.3. The van der Waals surface area contributed by atoms with E-state index in [1.807, 2.05) is 6.07 Å². The first kappa shape index (κ1) is 18.8. The highest BCUT2D eigenvalue weighted by Gasteiger charge is 2.40. The lowest BCUT2D eigenvalue weighted by atomic mass is 10.0. The van der Waals surface area contributed by atoms with Gasteiger partial charge in [0.05, 0.1) is 13.2 Å². The molecule has 1 spiro atoms. The van der Waals surface area contributed by atoms with Crippen molar-refractivity contribution < 1.29 is 22.6 Å². The Hall–Kier alpha value is -2.59. The third-order valence-corrected chi connectivity index (χ3v) is 4.76. The molecule has 10 heteroatoms. The molecule has 2 aromatic rings. The summed E-state index contributed by atoms with van der Waals surface area (Å²) in [6.07, 6.45) is -1.46. The molecule has 1 aromatic carbocycles. The Bertz CT molecular complexity index is 800. The summed E-state index contributed by atoms with van der Waals surface area (Å²) in [6.45, 7) is 2.79. The molecule has 1 aromatic heterocycles. The Kier molecular flexibility index (Phi) is 4.98. The van der Waals surface area contributed by atoms with Crippen LogP contribution in [0.25, 0.3) is 0 Å². The first-order chi connectivity index (χ1) is 13.4. The van der Waals surface area contributed by atoms with Crippen LogP contribution in [0.1, 0.15) is 12.8 Å². The number of nitrogens with one attached hydrogen (secondary N) is 2. The zero-order valence-electron chi connectivity index (χ0n) is 15.0. The van der Waals surface area contributed by atoms with E-state index in [2.05, 4.69) is 20.2 Å². The van der Waals surface area contributed by atoms with Gasteiger partial charge in [0.1, 0.15) is 18.0 Å². The molecule has 0 unspecified atom stereocenters. The van der Waals surface area contributed by atoms with Gasteiger partial charge in [0, 0.05) is 43.4 Å². The number of ether oxygens (including phenoxy) is 2. The lowest BCUT2D eigenvalue weighted by molar-refractivity contribution is -0.169. The Morgan fingerprint density at radius 1 is 0.964 bits per heavy atom. The number of rotatable bonds is 4. The number of hydrogen-bond donors (Lipinski definition) is 2. The molecule has 150 valence electrons. The molecule has 2 aliphatic heterocycles. The molecule has 0 atom stereocenters. The van der Waals surface area contributed by atoms with Gasteiger partial charge in [-0.1, -0.05) is 0 Å². The van der Waals surface area contributed by atoms with Crippen LogP contribution in [-0.2, 0) is 9.47 Å². The van der Waals surface area contributed by atoms with Crippen LogP contribution in [-0.4, -0.2) is 48.4 Å². The molecular formula is C18H20F3N5O2. The maximum absolute atomic E-state index is 12.3. The number of nitrogens with zero attached hydrogens (tertiary/aromatic N) is 3. The second kappa shape index (κ2) is 7.44. The number of anilines is 4. The van der Waals surface area contributed by atoms with E-state index in [-0.39, 0.29) is 5.69 Å². The fourth-order valence-electron chi connectivity index (χ4n) is 3.40. The van der Waals surface area contributed by atoms with Crippen LogP contribution in [0.5, 0.6) is 0 Å². The van der Waals surface area contributed by atoms with Gasteiger partial charge >= 0.3 is 6.30 Å². The number of halogens is 3. The summed E-state index contributed by atoms with van der Waals surface area (Å²) in [6, 6.07) is 7.62. The van der Waals surface area contributed by atoms with Gasteiger partial charge in [0.15, 0.2) is 5.79 Å².